The maximum Gasteiger partial charge on any atom is -0.0132 e. The SMILES string of the molecule is C[C@@H](c1cccc(C(C)(C)C)c1)C(C)(C)C. The summed E-state index contributed by atoms with van der Waals surface area (Å²) in [6, 6.07) is 9.05. The van der Waals surface area contributed by atoms with Gasteiger partial charge in [0.1, 0.15) is 0 Å². The minimum Gasteiger partial charge on any atom is -0.0617 e. The Morgan fingerprint density at radius 3 is 1.94 bits per heavy atom. The molecule has 0 aliphatic carbocycles. The standard InChI is InChI=1S/C16H26/c1-12(15(2,3)4)13-9-8-10-14(11-13)16(5,6)7/h8-12H,1-7H3/t12-/m0/s1. The van der Waals surface area contributed by atoms with Gasteiger partial charge in [0.2, 0.25) is 0 Å². The van der Waals surface area contributed by atoms with Crippen LogP contribution in [-0.2, 0) is 5.41 Å². The van der Waals surface area contributed by atoms with Crippen LogP contribution in [0.25, 0.3) is 0 Å². The molecule has 1 aromatic rings. The lowest BCUT2D eigenvalue weighted by molar-refractivity contribution is 0.339. The third-order valence-electron chi connectivity index (χ3n) is 3.55. The smallest absolute Gasteiger partial charge is 0.0132 e. The van der Waals surface area contributed by atoms with E-state index in [1.165, 1.54) is 11.1 Å². The van der Waals surface area contributed by atoms with E-state index in [-0.39, 0.29) is 5.41 Å². The third-order valence-corrected chi connectivity index (χ3v) is 3.55. The number of hydrogen-bond acceptors (Lipinski definition) is 0. The lowest BCUT2D eigenvalue weighted by Crippen LogP contribution is -2.17. The van der Waals surface area contributed by atoms with Crippen LogP contribution < -0.4 is 0 Å². The Hall–Kier alpha value is -0.780. The summed E-state index contributed by atoms with van der Waals surface area (Å²) in [5.74, 6) is 0.592. The molecular weight excluding hydrogens is 192 g/mol. The molecule has 0 radical (unpaired) electrons. The molecule has 1 atom stereocenters. The summed E-state index contributed by atoms with van der Waals surface area (Å²) in [4.78, 5) is 0. The van der Waals surface area contributed by atoms with Crippen LogP contribution in [0, 0.1) is 5.41 Å². The van der Waals surface area contributed by atoms with Gasteiger partial charge in [-0.2, -0.15) is 0 Å². The fraction of sp³-hybridized carbons (Fsp3) is 0.625. The molecule has 0 N–H and O–H groups in total. The van der Waals surface area contributed by atoms with Crippen LogP contribution in [0.1, 0.15) is 65.5 Å². The average Bonchev–Trinajstić information content (AvgIpc) is 2.14. The minimum absolute atomic E-state index is 0.244. The van der Waals surface area contributed by atoms with Crippen LogP contribution in [-0.4, -0.2) is 0 Å². The van der Waals surface area contributed by atoms with E-state index in [1.54, 1.807) is 0 Å². The number of hydrogen-bond donors (Lipinski definition) is 0. The summed E-state index contributed by atoms with van der Waals surface area (Å²) in [6.45, 7) is 16.1. The van der Waals surface area contributed by atoms with Crippen LogP contribution in [0.5, 0.6) is 0 Å². The molecule has 0 unspecified atom stereocenters. The van der Waals surface area contributed by atoms with E-state index >= 15 is 0 Å². The Kier molecular flexibility index (Phi) is 3.52. The van der Waals surface area contributed by atoms with E-state index in [4.69, 9.17) is 0 Å². The van der Waals surface area contributed by atoms with Crippen LogP contribution in [0.3, 0.4) is 0 Å². The normalized spacial score (nSPS) is 14.9. The number of benzene rings is 1. The number of rotatable bonds is 1. The monoisotopic (exact) mass is 218 g/mol. The van der Waals surface area contributed by atoms with Gasteiger partial charge in [-0.05, 0) is 27.9 Å². The van der Waals surface area contributed by atoms with Gasteiger partial charge in [-0.15, -0.1) is 0 Å². The van der Waals surface area contributed by atoms with Gasteiger partial charge in [0.25, 0.3) is 0 Å². The van der Waals surface area contributed by atoms with Crippen molar-refractivity contribution in [3.05, 3.63) is 35.4 Å². The summed E-state index contributed by atoms with van der Waals surface area (Å²) in [7, 11) is 0. The van der Waals surface area contributed by atoms with Crippen molar-refractivity contribution in [1.82, 2.24) is 0 Å². The largest absolute Gasteiger partial charge is 0.0617 e. The first-order chi connectivity index (χ1) is 7.12. The van der Waals surface area contributed by atoms with Gasteiger partial charge >= 0.3 is 0 Å². The van der Waals surface area contributed by atoms with E-state index in [2.05, 4.69) is 72.7 Å². The van der Waals surface area contributed by atoms with Gasteiger partial charge in [-0.1, -0.05) is 72.7 Å². The highest BCUT2D eigenvalue weighted by molar-refractivity contribution is 5.31. The molecule has 0 nitrogen and oxygen atoms in total. The Labute approximate surface area is 101 Å². The summed E-state index contributed by atoms with van der Waals surface area (Å²) in [5.41, 5.74) is 3.46. The quantitative estimate of drug-likeness (QED) is 0.612. The zero-order chi connectivity index (χ0) is 12.6. The summed E-state index contributed by atoms with van der Waals surface area (Å²) in [5, 5.41) is 0. The Morgan fingerprint density at radius 1 is 0.938 bits per heavy atom. The van der Waals surface area contributed by atoms with Crippen molar-refractivity contribution in [2.75, 3.05) is 0 Å². The fourth-order valence-corrected chi connectivity index (χ4v) is 1.77. The third kappa shape index (κ3) is 3.10. The summed E-state index contributed by atoms with van der Waals surface area (Å²) >= 11 is 0. The second-order valence-corrected chi connectivity index (χ2v) is 6.96. The van der Waals surface area contributed by atoms with Gasteiger partial charge in [0, 0.05) is 0 Å². The second kappa shape index (κ2) is 4.24. The predicted molar refractivity (Wildman–Crippen MR) is 73.0 cm³/mol. The Morgan fingerprint density at radius 2 is 1.50 bits per heavy atom. The van der Waals surface area contributed by atoms with Gasteiger partial charge in [0.05, 0.1) is 0 Å². The molecule has 1 rings (SSSR count). The fourth-order valence-electron chi connectivity index (χ4n) is 1.77. The molecule has 0 spiro atoms. The lowest BCUT2D eigenvalue weighted by atomic mass is 9.76. The van der Waals surface area contributed by atoms with Gasteiger partial charge < -0.3 is 0 Å². The molecule has 0 saturated heterocycles. The van der Waals surface area contributed by atoms with Crippen molar-refractivity contribution in [3.8, 4) is 0 Å². The molecule has 0 aromatic heterocycles. The first-order valence-corrected chi connectivity index (χ1v) is 6.23. The maximum absolute atomic E-state index is 2.37. The summed E-state index contributed by atoms with van der Waals surface area (Å²) < 4.78 is 0. The van der Waals surface area contributed by atoms with E-state index in [9.17, 15) is 0 Å². The summed E-state index contributed by atoms with van der Waals surface area (Å²) in [6.07, 6.45) is 0. The van der Waals surface area contributed by atoms with Gasteiger partial charge in [-0.25, -0.2) is 0 Å². The molecule has 1 aromatic carbocycles. The van der Waals surface area contributed by atoms with Gasteiger partial charge in [-0.3, -0.25) is 0 Å². The highest BCUT2D eigenvalue weighted by Crippen LogP contribution is 2.35. The van der Waals surface area contributed by atoms with Crippen molar-refractivity contribution < 1.29 is 0 Å². The van der Waals surface area contributed by atoms with Crippen LogP contribution in [0.15, 0.2) is 24.3 Å². The van der Waals surface area contributed by atoms with Crippen molar-refractivity contribution in [3.63, 3.8) is 0 Å². The molecule has 0 saturated carbocycles. The van der Waals surface area contributed by atoms with Crippen LogP contribution in [0.2, 0.25) is 0 Å². The highest BCUT2D eigenvalue weighted by Gasteiger charge is 2.23. The Balaban J connectivity index is 3.09. The van der Waals surface area contributed by atoms with Crippen molar-refractivity contribution in [2.45, 2.75) is 59.8 Å². The van der Waals surface area contributed by atoms with E-state index in [0.717, 1.165) is 0 Å². The maximum atomic E-state index is 2.37. The average molecular weight is 218 g/mol. The van der Waals surface area contributed by atoms with Crippen LogP contribution in [0.4, 0.5) is 0 Å². The van der Waals surface area contributed by atoms with E-state index < -0.39 is 0 Å². The molecular formula is C16H26. The van der Waals surface area contributed by atoms with Crippen molar-refractivity contribution in [2.24, 2.45) is 5.41 Å². The van der Waals surface area contributed by atoms with E-state index in [0.29, 0.717) is 11.3 Å². The Bertz CT molecular complexity index is 347. The molecule has 0 fully saturated rings. The van der Waals surface area contributed by atoms with E-state index in [1.807, 2.05) is 0 Å². The van der Waals surface area contributed by atoms with Gasteiger partial charge in [0.15, 0.2) is 0 Å². The molecule has 16 heavy (non-hydrogen) atoms. The van der Waals surface area contributed by atoms with Crippen LogP contribution >= 0.6 is 0 Å². The molecule has 0 heterocycles. The highest BCUT2D eigenvalue weighted by atomic mass is 14.3. The molecule has 0 bridgehead atoms. The zero-order valence-corrected chi connectivity index (χ0v) is 11.9. The molecule has 0 amide bonds. The van der Waals surface area contributed by atoms with Crippen molar-refractivity contribution >= 4 is 0 Å². The minimum atomic E-state index is 0.244. The first-order valence-electron chi connectivity index (χ1n) is 6.23. The zero-order valence-electron chi connectivity index (χ0n) is 11.9. The molecule has 0 heteroatoms. The molecule has 0 aliphatic rings. The lowest BCUT2D eigenvalue weighted by Gasteiger charge is -2.29. The topological polar surface area (TPSA) is 0 Å². The molecule has 90 valence electrons. The molecule has 0 aliphatic heterocycles. The second-order valence-electron chi connectivity index (χ2n) is 6.96. The van der Waals surface area contributed by atoms with Crippen molar-refractivity contribution in [1.29, 1.82) is 0 Å². The first kappa shape index (κ1) is 13.3. The predicted octanol–water partition coefficient (Wildman–Crippen LogP) is 5.13.